The molecule has 1 aliphatic rings. The zero-order chi connectivity index (χ0) is 23.4. The van der Waals surface area contributed by atoms with Crippen molar-refractivity contribution in [3.05, 3.63) is 65.0 Å². The molecule has 3 rings (SSSR count). The van der Waals surface area contributed by atoms with E-state index in [0.29, 0.717) is 30.0 Å². The van der Waals surface area contributed by atoms with Crippen LogP contribution in [0.4, 0.5) is 4.39 Å². The standard InChI is InChI=1S/C24H27FN2O5/c1-26(2)12-5-13-27-21(16-8-11-18(31-3)19(14-16)32-4)20(23(29)24(27)30)22(28)15-6-9-17(25)10-7-15/h6-11,14,21,28H,5,12-13H2,1-4H3/b22-20+/t21-/m0/s1. The summed E-state index contributed by atoms with van der Waals surface area (Å²) in [5.74, 6) is -1.35. The number of hydrogen-bond donors (Lipinski definition) is 1. The molecule has 2 aromatic rings. The molecule has 1 aliphatic heterocycles. The molecule has 1 atom stereocenters. The molecule has 170 valence electrons. The fraction of sp³-hybridized carbons (Fsp3) is 0.333. The quantitative estimate of drug-likeness (QED) is 0.384. The van der Waals surface area contributed by atoms with Crippen LogP contribution in [-0.4, -0.2) is 68.0 Å². The van der Waals surface area contributed by atoms with Crippen LogP contribution in [0.25, 0.3) is 5.76 Å². The van der Waals surface area contributed by atoms with Gasteiger partial charge in [-0.1, -0.05) is 6.07 Å². The first kappa shape index (κ1) is 23.3. The highest BCUT2D eigenvalue weighted by atomic mass is 19.1. The summed E-state index contributed by atoms with van der Waals surface area (Å²) in [5.41, 5.74) is 0.803. The van der Waals surface area contributed by atoms with Gasteiger partial charge < -0.3 is 24.4 Å². The molecule has 0 saturated carbocycles. The second kappa shape index (κ2) is 9.82. The highest BCUT2D eigenvalue weighted by Crippen LogP contribution is 2.42. The van der Waals surface area contributed by atoms with E-state index in [1.54, 1.807) is 18.2 Å². The highest BCUT2D eigenvalue weighted by Gasteiger charge is 2.46. The van der Waals surface area contributed by atoms with E-state index in [-0.39, 0.29) is 16.9 Å². The molecular formula is C24H27FN2O5. The van der Waals surface area contributed by atoms with E-state index in [1.807, 2.05) is 19.0 Å². The fourth-order valence-electron chi connectivity index (χ4n) is 3.80. The van der Waals surface area contributed by atoms with Crippen molar-refractivity contribution in [1.29, 1.82) is 0 Å². The van der Waals surface area contributed by atoms with Gasteiger partial charge in [-0.2, -0.15) is 0 Å². The molecule has 0 aromatic heterocycles. The van der Waals surface area contributed by atoms with Crippen molar-refractivity contribution in [2.75, 3.05) is 41.4 Å². The van der Waals surface area contributed by atoms with Gasteiger partial charge in [0.1, 0.15) is 11.6 Å². The average molecular weight is 442 g/mol. The minimum Gasteiger partial charge on any atom is -0.507 e. The number of aliphatic hydroxyl groups is 1. The summed E-state index contributed by atoms with van der Waals surface area (Å²) in [6.07, 6.45) is 0.639. The summed E-state index contributed by atoms with van der Waals surface area (Å²) in [4.78, 5) is 29.4. The Bertz CT molecular complexity index is 1030. The second-order valence-electron chi connectivity index (χ2n) is 7.77. The summed E-state index contributed by atoms with van der Waals surface area (Å²) in [5, 5.41) is 11.0. The van der Waals surface area contributed by atoms with E-state index in [9.17, 15) is 19.1 Å². The minimum absolute atomic E-state index is 0.0429. The molecule has 0 unspecified atom stereocenters. The van der Waals surface area contributed by atoms with E-state index in [4.69, 9.17) is 9.47 Å². The number of rotatable bonds is 8. The Kier molecular flexibility index (Phi) is 7.15. The zero-order valence-corrected chi connectivity index (χ0v) is 18.6. The van der Waals surface area contributed by atoms with Crippen LogP contribution in [0.5, 0.6) is 11.5 Å². The molecular weight excluding hydrogens is 415 g/mol. The molecule has 1 saturated heterocycles. The number of benzene rings is 2. The number of aliphatic hydroxyl groups excluding tert-OH is 1. The summed E-state index contributed by atoms with van der Waals surface area (Å²) < 4.78 is 24.1. The number of methoxy groups -OCH3 is 2. The summed E-state index contributed by atoms with van der Waals surface area (Å²) in [7, 11) is 6.86. The van der Waals surface area contributed by atoms with Gasteiger partial charge in [0, 0.05) is 12.1 Å². The van der Waals surface area contributed by atoms with E-state index >= 15 is 0 Å². The van der Waals surface area contributed by atoms with Gasteiger partial charge in [0.25, 0.3) is 11.7 Å². The molecule has 1 N–H and O–H groups in total. The lowest BCUT2D eigenvalue weighted by atomic mass is 9.95. The summed E-state index contributed by atoms with van der Waals surface area (Å²) in [6, 6.07) is 9.40. The number of carbonyl (C=O) groups is 2. The zero-order valence-electron chi connectivity index (χ0n) is 18.6. The SMILES string of the molecule is COc1ccc([C@H]2/C(=C(\O)c3ccc(F)cc3)C(=O)C(=O)N2CCCN(C)C)cc1OC. The largest absolute Gasteiger partial charge is 0.507 e. The maximum absolute atomic E-state index is 13.4. The van der Waals surface area contributed by atoms with Gasteiger partial charge in [0.2, 0.25) is 0 Å². The molecule has 0 bridgehead atoms. The van der Waals surface area contributed by atoms with Crippen molar-refractivity contribution in [2.24, 2.45) is 0 Å². The molecule has 2 aromatic carbocycles. The van der Waals surface area contributed by atoms with Crippen molar-refractivity contribution >= 4 is 17.4 Å². The van der Waals surface area contributed by atoms with Crippen molar-refractivity contribution in [1.82, 2.24) is 9.80 Å². The van der Waals surface area contributed by atoms with Gasteiger partial charge in [0.15, 0.2) is 11.5 Å². The van der Waals surface area contributed by atoms with Gasteiger partial charge in [-0.25, -0.2) is 4.39 Å². The van der Waals surface area contributed by atoms with Gasteiger partial charge >= 0.3 is 0 Å². The molecule has 8 heteroatoms. The number of ether oxygens (including phenoxy) is 2. The van der Waals surface area contributed by atoms with E-state index in [1.165, 1.54) is 43.4 Å². The molecule has 1 fully saturated rings. The van der Waals surface area contributed by atoms with Crippen molar-refractivity contribution in [3.8, 4) is 11.5 Å². The second-order valence-corrected chi connectivity index (χ2v) is 7.77. The molecule has 7 nitrogen and oxygen atoms in total. The number of ketones is 1. The van der Waals surface area contributed by atoms with Gasteiger partial charge in [-0.3, -0.25) is 9.59 Å². The van der Waals surface area contributed by atoms with Crippen molar-refractivity contribution < 1.29 is 28.6 Å². The Morgan fingerprint density at radius 2 is 1.72 bits per heavy atom. The summed E-state index contributed by atoms with van der Waals surface area (Å²) >= 11 is 0. The number of Topliss-reactive ketones (excluding diaryl/α,β-unsaturated/α-hetero) is 1. The Balaban J connectivity index is 2.13. The molecule has 1 heterocycles. The third-order valence-corrected chi connectivity index (χ3v) is 5.39. The topological polar surface area (TPSA) is 79.3 Å². The van der Waals surface area contributed by atoms with Crippen molar-refractivity contribution in [2.45, 2.75) is 12.5 Å². The van der Waals surface area contributed by atoms with Gasteiger partial charge in [0.05, 0.1) is 25.8 Å². The Hall–Kier alpha value is -3.39. The minimum atomic E-state index is -0.818. The number of nitrogens with zero attached hydrogens (tertiary/aromatic N) is 2. The number of hydrogen-bond acceptors (Lipinski definition) is 6. The fourth-order valence-corrected chi connectivity index (χ4v) is 3.80. The van der Waals surface area contributed by atoms with E-state index in [2.05, 4.69) is 0 Å². The normalized spacial score (nSPS) is 17.8. The first-order chi connectivity index (χ1) is 15.3. The van der Waals surface area contributed by atoms with Crippen molar-refractivity contribution in [3.63, 3.8) is 0 Å². The van der Waals surface area contributed by atoms with Crippen LogP contribution in [0.2, 0.25) is 0 Å². The first-order valence-electron chi connectivity index (χ1n) is 10.2. The monoisotopic (exact) mass is 442 g/mol. The summed E-state index contributed by atoms with van der Waals surface area (Å²) in [6.45, 7) is 1.04. The lowest BCUT2D eigenvalue weighted by Crippen LogP contribution is -2.32. The smallest absolute Gasteiger partial charge is 0.295 e. The third kappa shape index (κ3) is 4.60. The lowest BCUT2D eigenvalue weighted by Gasteiger charge is -2.26. The highest BCUT2D eigenvalue weighted by molar-refractivity contribution is 6.46. The van der Waals surface area contributed by atoms with Crippen LogP contribution in [0.1, 0.15) is 23.6 Å². The third-order valence-electron chi connectivity index (χ3n) is 5.39. The van der Waals surface area contributed by atoms with Crippen LogP contribution in [0.15, 0.2) is 48.0 Å². The molecule has 0 spiro atoms. The maximum atomic E-state index is 13.4. The Morgan fingerprint density at radius 3 is 2.31 bits per heavy atom. The van der Waals surface area contributed by atoms with Crippen LogP contribution in [-0.2, 0) is 9.59 Å². The Labute approximate surface area is 186 Å². The number of amides is 1. The maximum Gasteiger partial charge on any atom is 0.295 e. The predicted octanol–water partition coefficient (Wildman–Crippen LogP) is 3.22. The molecule has 0 aliphatic carbocycles. The molecule has 1 amide bonds. The van der Waals surface area contributed by atoms with Crippen LogP contribution in [0, 0.1) is 5.82 Å². The lowest BCUT2D eigenvalue weighted by molar-refractivity contribution is -0.139. The van der Waals surface area contributed by atoms with Crippen LogP contribution >= 0.6 is 0 Å². The van der Waals surface area contributed by atoms with Gasteiger partial charge in [-0.15, -0.1) is 0 Å². The Morgan fingerprint density at radius 1 is 1.06 bits per heavy atom. The van der Waals surface area contributed by atoms with Crippen LogP contribution in [0.3, 0.4) is 0 Å². The van der Waals surface area contributed by atoms with E-state index in [0.717, 1.165) is 6.54 Å². The number of likely N-dealkylation sites (tertiary alicyclic amines) is 1. The van der Waals surface area contributed by atoms with E-state index < -0.39 is 23.5 Å². The van der Waals surface area contributed by atoms with Crippen LogP contribution < -0.4 is 9.47 Å². The number of halogens is 1. The predicted molar refractivity (Wildman–Crippen MR) is 118 cm³/mol. The average Bonchev–Trinajstić information content (AvgIpc) is 3.03. The first-order valence-corrected chi connectivity index (χ1v) is 10.2. The molecule has 0 radical (unpaired) electrons. The number of carbonyl (C=O) groups excluding carboxylic acids is 2. The van der Waals surface area contributed by atoms with Gasteiger partial charge in [-0.05, 0) is 69.0 Å². The molecule has 32 heavy (non-hydrogen) atoms.